The normalized spacial score (nSPS) is 14.7. The summed E-state index contributed by atoms with van der Waals surface area (Å²) in [6.07, 6.45) is 0.988. The Labute approximate surface area is 92.6 Å². The van der Waals surface area contributed by atoms with Gasteiger partial charge in [-0.2, -0.15) is 0 Å². The van der Waals surface area contributed by atoms with Crippen LogP contribution < -0.4 is 10.1 Å². The second-order valence-electron chi connectivity index (χ2n) is 4.20. The van der Waals surface area contributed by atoms with Crippen LogP contribution in [0.5, 0.6) is 5.75 Å². The lowest BCUT2D eigenvalue weighted by Crippen LogP contribution is -2.41. The first-order valence-electron chi connectivity index (χ1n) is 5.50. The first-order chi connectivity index (χ1) is 7.11. The van der Waals surface area contributed by atoms with Crippen LogP contribution in [0.25, 0.3) is 0 Å². The van der Waals surface area contributed by atoms with Crippen molar-refractivity contribution in [1.82, 2.24) is 5.32 Å². The van der Waals surface area contributed by atoms with E-state index >= 15 is 0 Å². The highest BCUT2D eigenvalue weighted by Crippen LogP contribution is 2.23. The van der Waals surface area contributed by atoms with Gasteiger partial charge in [0.15, 0.2) is 0 Å². The Morgan fingerprint density at radius 3 is 2.53 bits per heavy atom. The van der Waals surface area contributed by atoms with Gasteiger partial charge in [-0.25, -0.2) is 0 Å². The van der Waals surface area contributed by atoms with Gasteiger partial charge in [0, 0.05) is 6.54 Å². The van der Waals surface area contributed by atoms with Gasteiger partial charge in [0.05, 0.1) is 0 Å². The van der Waals surface area contributed by atoms with Crippen molar-refractivity contribution in [3.63, 3.8) is 0 Å². The predicted octanol–water partition coefficient (Wildman–Crippen LogP) is 2.76. The molecule has 0 saturated carbocycles. The van der Waals surface area contributed by atoms with Gasteiger partial charge in [0.1, 0.15) is 11.4 Å². The molecular formula is C13H21NO. The van der Waals surface area contributed by atoms with Crippen LogP contribution in [0.2, 0.25) is 0 Å². The minimum Gasteiger partial charge on any atom is -0.486 e. The molecule has 0 spiro atoms. The molecule has 2 nitrogen and oxygen atoms in total. The molecule has 0 bridgehead atoms. The lowest BCUT2D eigenvalue weighted by Gasteiger charge is -2.30. The number of para-hydroxylation sites is 1. The van der Waals surface area contributed by atoms with Crippen LogP contribution in [0.4, 0.5) is 0 Å². The molecule has 1 aromatic carbocycles. The van der Waals surface area contributed by atoms with E-state index in [1.165, 1.54) is 5.56 Å². The fourth-order valence-electron chi connectivity index (χ4n) is 1.54. The molecular weight excluding hydrogens is 186 g/mol. The van der Waals surface area contributed by atoms with Crippen molar-refractivity contribution in [2.24, 2.45) is 0 Å². The Hall–Kier alpha value is -1.02. The van der Waals surface area contributed by atoms with Gasteiger partial charge >= 0.3 is 0 Å². The minimum atomic E-state index is -0.124. The molecule has 0 heterocycles. The summed E-state index contributed by atoms with van der Waals surface area (Å²) in [7, 11) is 1.95. The summed E-state index contributed by atoms with van der Waals surface area (Å²) in [5.74, 6) is 0.983. The van der Waals surface area contributed by atoms with E-state index in [1.807, 2.05) is 25.2 Å². The zero-order valence-corrected chi connectivity index (χ0v) is 10.1. The SMILES string of the molecule is CCC(C)(CNC)Oc1ccccc1C. The van der Waals surface area contributed by atoms with Crippen molar-refractivity contribution in [3.8, 4) is 5.75 Å². The molecule has 0 fully saturated rings. The zero-order valence-electron chi connectivity index (χ0n) is 10.1. The van der Waals surface area contributed by atoms with Gasteiger partial charge < -0.3 is 10.1 Å². The largest absolute Gasteiger partial charge is 0.486 e. The highest BCUT2D eigenvalue weighted by molar-refractivity contribution is 5.32. The van der Waals surface area contributed by atoms with Crippen LogP contribution in [0.3, 0.4) is 0 Å². The third-order valence-corrected chi connectivity index (χ3v) is 2.75. The topological polar surface area (TPSA) is 21.3 Å². The molecule has 0 aromatic heterocycles. The molecule has 1 unspecified atom stereocenters. The number of hydrogen-bond acceptors (Lipinski definition) is 2. The highest BCUT2D eigenvalue weighted by atomic mass is 16.5. The Bertz CT molecular complexity index is 311. The molecule has 0 aliphatic heterocycles. The van der Waals surface area contributed by atoms with Crippen LogP contribution in [0.1, 0.15) is 25.8 Å². The van der Waals surface area contributed by atoms with Crippen LogP contribution in [0.15, 0.2) is 24.3 Å². The van der Waals surface area contributed by atoms with Gasteiger partial charge in [-0.1, -0.05) is 25.1 Å². The van der Waals surface area contributed by atoms with Crippen LogP contribution >= 0.6 is 0 Å². The summed E-state index contributed by atoms with van der Waals surface area (Å²) in [6, 6.07) is 8.14. The van der Waals surface area contributed by atoms with E-state index in [2.05, 4.69) is 32.2 Å². The monoisotopic (exact) mass is 207 g/mol. The summed E-state index contributed by atoms with van der Waals surface area (Å²) in [5, 5.41) is 3.17. The van der Waals surface area contributed by atoms with E-state index in [0.717, 1.165) is 18.7 Å². The van der Waals surface area contributed by atoms with Gasteiger partial charge in [-0.05, 0) is 38.9 Å². The minimum absolute atomic E-state index is 0.124. The fraction of sp³-hybridized carbons (Fsp3) is 0.538. The van der Waals surface area contributed by atoms with E-state index < -0.39 is 0 Å². The van der Waals surface area contributed by atoms with Crippen molar-refractivity contribution >= 4 is 0 Å². The molecule has 0 aliphatic carbocycles. The maximum atomic E-state index is 6.06. The molecule has 0 radical (unpaired) electrons. The van der Waals surface area contributed by atoms with Crippen molar-refractivity contribution in [3.05, 3.63) is 29.8 Å². The highest BCUT2D eigenvalue weighted by Gasteiger charge is 2.23. The van der Waals surface area contributed by atoms with Crippen LogP contribution in [0, 0.1) is 6.92 Å². The van der Waals surface area contributed by atoms with E-state index in [-0.39, 0.29) is 5.60 Å². The molecule has 2 heteroatoms. The van der Waals surface area contributed by atoms with Crippen LogP contribution in [-0.2, 0) is 0 Å². The summed E-state index contributed by atoms with van der Waals surface area (Å²) >= 11 is 0. The molecule has 0 saturated heterocycles. The average molecular weight is 207 g/mol. The first kappa shape index (κ1) is 12.1. The Morgan fingerprint density at radius 2 is 2.00 bits per heavy atom. The van der Waals surface area contributed by atoms with E-state index in [0.29, 0.717) is 0 Å². The van der Waals surface area contributed by atoms with E-state index in [4.69, 9.17) is 4.74 Å². The molecule has 0 amide bonds. The van der Waals surface area contributed by atoms with Gasteiger partial charge in [-0.15, -0.1) is 0 Å². The standard InChI is InChI=1S/C13H21NO/c1-5-13(3,10-14-4)15-12-9-7-6-8-11(12)2/h6-9,14H,5,10H2,1-4H3. The molecule has 1 atom stereocenters. The average Bonchev–Trinajstić information content (AvgIpc) is 2.22. The maximum absolute atomic E-state index is 6.06. The summed E-state index contributed by atoms with van der Waals surface area (Å²) < 4.78 is 6.06. The molecule has 1 rings (SSSR count). The van der Waals surface area contributed by atoms with Crippen molar-refractivity contribution < 1.29 is 4.74 Å². The summed E-state index contributed by atoms with van der Waals surface area (Å²) in [6.45, 7) is 7.22. The molecule has 1 N–H and O–H groups in total. The van der Waals surface area contributed by atoms with Gasteiger partial charge in [-0.3, -0.25) is 0 Å². The second kappa shape index (κ2) is 5.17. The summed E-state index contributed by atoms with van der Waals surface area (Å²) in [4.78, 5) is 0. The number of rotatable bonds is 5. The number of nitrogens with one attached hydrogen (secondary N) is 1. The number of aryl methyl sites for hydroxylation is 1. The number of benzene rings is 1. The molecule has 1 aromatic rings. The first-order valence-corrected chi connectivity index (χ1v) is 5.50. The number of ether oxygens (including phenoxy) is 1. The molecule has 0 aliphatic rings. The Kier molecular flexibility index (Phi) is 4.15. The molecule has 84 valence electrons. The van der Waals surface area contributed by atoms with Crippen molar-refractivity contribution in [2.45, 2.75) is 32.8 Å². The second-order valence-corrected chi connectivity index (χ2v) is 4.20. The third-order valence-electron chi connectivity index (χ3n) is 2.75. The van der Waals surface area contributed by atoms with E-state index in [9.17, 15) is 0 Å². The van der Waals surface area contributed by atoms with Crippen LogP contribution in [-0.4, -0.2) is 19.2 Å². The Morgan fingerprint density at radius 1 is 1.33 bits per heavy atom. The lowest BCUT2D eigenvalue weighted by molar-refractivity contribution is 0.0849. The van der Waals surface area contributed by atoms with Gasteiger partial charge in [0.2, 0.25) is 0 Å². The molecule has 15 heavy (non-hydrogen) atoms. The predicted molar refractivity (Wildman–Crippen MR) is 64.4 cm³/mol. The van der Waals surface area contributed by atoms with Gasteiger partial charge in [0.25, 0.3) is 0 Å². The summed E-state index contributed by atoms with van der Waals surface area (Å²) in [5.41, 5.74) is 1.06. The number of likely N-dealkylation sites (N-methyl/N-ethyl adjacent to an activating group) is 1. The number of hydrogen-bond donors (Lipinski definition) is 1. The zero-order chi connectivity index (χ0) is 11.3. The lowest BCUT2D eigenvalue weighted by atomic mass is 10.0. The third kappa shape index (κ3) is 3.24. The maximum Gasteiger partial charge on any atom is 0.123 e. The fourth-order valence-corrected chi connectivity index (χ4v) is 1.54. The van der Waals surface area contributed by atoms with Crippen molar-refractivity contribution in [2.75, 3.05) is 13.6 Å². The quantitative estimate of drug-likeness (QED) is 0.801. The van der Waals surface area contributed by atoms with Crippen molar-refractivity contribution in [1.29, 1.82) is 0 Å². The van der Waals surface area contributed by atoms with E-state index in [1.54, 1.807) is 0 Å². The Balaban J connectivity index is 2.79. The smallest absolute Gasteiger partial charge is 0.123 e.